The van der Waals surface area contributed by atoms with E-state index in [2.05, 4.69) is 19.9 Å². The van der Waals surface area contributed by atoms with Gasteiger partial charge in [-0.15, -0.1) is 0 Å². The van der Waals surface area contributed by atoms with Crippen LogP contribution in [0.2, 0.25) is 0 Å². The molecule has 1 aromatic carbocycles. The summed E-state index contributed by atoms with van der Waals surface area (Å²) in [7, 11) is 0. The lowest BCUT2D eigenvalue weighted by Gasteiger charge is -2.16. The average molecular weight is 295 g/mol. The van der Waals surface area contributed by atoms with E-state index in [1.807, 2.05) is 31.2 Å². The fourth-order valence-corrected chi connectivity index (χ4v) is 3.02. The van der Waals surface area contributed by atoms with Gasteiger partial charge in [0.25, 0.3) is 0 Å². The minimum atomic E-state index is -0.201. The number of hydrogen-bond donors (Lipinski definition) is 2. The summed E-state index contributed by atoms with van der Waals surface area (Å²) in [6.07, 6.45) is 2.38. The second kappa shape index (κ2) is 4.98. The van der Waals surface area contributed by atoms with Gasteiger partial charge < -0.3 is 14.9 Å². The molecule has 6 nitrogen and oxygen atoms in total. The van der Waals surface area contributed by atoms with Crippen molar-refractivity contribution in [1.82, 2.24) is 19.9 Å². The second-order valence-corrected chi connectivity index (χ2v) is 5.70. The molecule has 0 bridgehead atoms. The van der Waals surface area contributed by atoms with Gasteiger partial charge in [0.05, 0.1) is 16.7 Å². The third-order valence-corrected chi connectivity index (χ3v) is 4.06. The van der Waals surface area contributed by atoms with Crippen molar-refractivity contribution in [3.63, 3.8) is 0 Å². The lowest BCUT2D eigenvalue weighted by atomic mass is 10.1. The molecule has 0 unspecified atom stereocenters. The van der Waals surface area contributed by atoms with E-state index in [1.165, 1.54) is 12.8 Å². The third-order valence-electron chi connectivity index (χ3n) is 4.06. The fraction of sp³-hybridized carbons (Fsp3) is 0.312. The summed E-state index contributed by atoms with van der Waals surface area (Å²) in [5.41, 5.74) is 4.08. The number of para-hydroxylation sites is 1. The number of aryl methyl sites for hydroxylation is 1. The predicted molar refractivity (Wildman–Crippen MR) is 86.1 cm³/mol. The number of aromatic amines is 2. The molecule has 0 spiro atoms. The van der Waals surface area contributed by atoms with Crippen LogP contribution in [-0.2, 0) is 0 Å². The van der Waals surface area contributed by atoms with Crippen molar-refractivity contribution >= 4 is 17.0 Å². The number of nitrogens with zero attached hydrogens (tertiary/aromatic N) is 3. The molecule has 3 heterocycles. The van der Waals surface area contributed by atoms with Crippen LogP contribution in [0.3, 0.4) is 0 Å². The maximum Gasteiger partial charge on any atom is 0.323 e. The van der Waals surface area contributed by atoms with Crippen molar-refractivity contribution in [3.8, 4) is 11.3 Å². The SMILES string of the molecule is Cc1cc(-c2cccc3[nH]c(=O)[nH]c23)nc(N2CCCC2)n1. The first-order valence-electron chi connectivity index (χ1n) is 7.53. The molecule has 6 heteroatoms. The number of rotatable bonds is 2. The molecule has 1 aliphatic rings. The highest BCUT2D eigenvalue weighted by Gasteiger charge is 2.17. The first-order valence-corrected chi connectivity index (χ1v) is 7.53. The molecule has 0 amide bonds. The highest BCUT2D eigenvalue weighted by molar-refractivity contribution is 5.90. The van der Waals surface area contributed by atoms with E-state index in [1.54, 1.807) is 0 Å². The van der Waals surface area contributed by atoms with Gasteiger partial charge >= 0.3 is 5.69 Å². The molecule has 2 aromatic heterocycles. The molecule has 0 saturated carbocycles. The van der Waals surface area contributed by atoms with Crippen LogP contribution in [0.1, 0.15) is 18.5 Å². The van der Waals surface area contributed by atoms with Gasteiger partial charge in [-0.2, -0.15) is 0 Å². The van der Waals surface area contributed by atoms with Crippen molar-refractivity contribution in [1.29, 1.82) is 0 Å². The Kier molecular flexibility index (Phi) is 2.96. The molecular formula is C16H17N5O. The van der Waals surface area contributed by atoms with Crippen molar-refractivity contribution < 1.29 is 0 Å². The Hall–Kier alpha value is -2.63. The largest absolute Gasteiger partial charge is 0.341 e. The molecule has 112 valence electrons. The molecule has 0 aliphatic carbocycles. The van der Waals surface area contributed by atoms with Gasteiger partial charge in [-0.05, 0) is 31.9 Å². The van der Waals surface area contributed by atoms with Gasteiger partial charge in [-0.1, -0.05) is 12.1 Å². The van der Waals surface area contributed by atoms with Gasteiger partial charge in [0, 0.05) is 24.3 Å². The Morgan fingerprint density at radius 3 is 2.77 bits per heavy atom. The summed E-state index contributed by atoms with van der Waals surface area (Å²) < 4.78 is 0. The van der Waals surface area contributed by atoms with E-state index in [-0.39, 0.29) is 5.69 Å². The van der Waals surface area contributed by atoms with Gasteiger partial charge in [-0.25, -0.2) is 14.8 Å². The van der Waals surface area contributed by atoms with Crippen LogP contribution in [0.5, 0.6) is 0 Å². The first kappa shape index (κ1) is 13.1. The molecule has 1 saturated heterocycles. The van der Waals surface area contributed by atoms with Gasteiger partial charge in [0.15, 0.2) is 0 Å². The molecule has 2 N–H and O–H groups in total. The monoisotopic (exact) mass is 295 g/mol. The normalized spacial score (nSPS) is 14.9. The van der Waals surface area contributed by atoms with Crippen LogP contribution in [0.25, 0.3) is 22.3 Å². The fourth-order valence-electron chi connectivity index (χ4n) is 3.02. The van der Waals surface area contributed by atoms with E-state index in [9.17, 15) is 4.79 Å². The van der Waals surface area contributed by atoms with Crippen LogP contribution >= 0.6 is 0 Å². The lowest BCUT2D eigenvalue weighted by Crippen LogP contribution is -2.20. The van der Waals surface area contributed by atoms with Crippen LogP contribution in [-0.4, -0.2) is 33.0 Å². The summed E-state index contributed by atoms with van der Waals surface area (Å²) in [5, 5.41) is 0. The number of nitrogens with one attached hydrogen (secondary N) is 2. The number of fused-ring (bicyclic) bond motifs is 1. The predicted octanol–water partition coefficient (Wildman–Crippen LogP) is 2.22. The molecule has 3 aromatic rings. The van der Waals surface area contributed by atoms with Crippen LogP contribution in [0.15, 0.2) is 29.1 Å². The van der Waals surface area contributed by atoms with Gasteiger partial charge in [0.1, 0.15) is 0 Å². The van der Waals surface area contributed by atoms with Crippen molar-refractivity contribution in [2.45, 2.75) is 19.8 Å². The molecule has 0 radical (unpaired) electrons. The van der Waals surface area contributed by atoms with E-state index < -0.39 is 0 Å². The standard InChI is InChI=1S/C16H17N5O/c1-10-9-13(18-15(17-10)21-7-2-3-8-21)11-5-4-6-12-14(11)20-16(22)19-12/h4-6,9H,2-3,7-8H2,1H3,(H2,19,20,22). The minimum absolute atomic E-state index is 0.201. The number of hydrogen-bond acceptors (Lipinski definition) is 4. The van der Waals surface area contributed by atoms with Crippen LogP contribution in [0, 0.1) is 6.92 Å². The highest BCUT2D eigenvalue weighted by Crippen LogP contribution is 2.27. The quantitative estimate of drug-likeness (QED) is 0.760. The second-order valence-electron chi connectivity index (χ2n) is 5.70. The minimum Gasteiger partial charge on any atom is -0.341 e. The third kappa shape index (κ3) is 2.16. The topological polar surface area (TPSA) is 77.7 Å². The van der Waals surface area contributed by atoms with Gasteiger partial charge in [-0.3, -0.25) is 0 Å². The van der Waals surface area contributed by atoms with Crippen molar-refractivity contribution in [2.24, 2.45) is 0 Å². The highest BCUT2D eigenvalue weighted by atomic mass is 16.1. The summed E-state index contributed by atoms with van der Waals surface area (Å²) in [5.74, 6) is 0.780. The summed E-state index contributed by atoms with van der Waals surface area (Å²) in [6.45, 7) is 3.99. The lowest BCUT2D eigenvalue weighted by molar-refractivity contribution is 0.891. The molecule has 4 rings (SSSR count). The molecule has 1 fully saturated rings. The van der Waals surface area contributed by atoms with Gasteiger partial charge in [0.2, 0.25) is 5.95 Å². The van der Waals surface area contributed by atoms with Crippen molar-refractivity contribution in [2.75, 3.05) is 18.0 Å². The zero-order valence-corrected chi connectivity index (χ0v) is 12.4. The Labute approximate surface area is 127 Å². The van der Waals surface area contributed by atoms with Crippen LogP contribution < -0.4 is 10.6 Å². The summed E-state index contributed by atoms with van der Waals surface area (Å²) in [4.78, 5) is 28.7. The Morgan fingerprint density at radius 1 is 1.14 bits per heavy atom. The maximum absolute atomic E-state index is 11.6. The number of H-pyrrole nitrogens is 2. The Morgan fingerprint density at radius 2 is 1.95 bits per heavy atom. The average Bonchev–Trinajstić information content (AvgIpc) is 3.14. The zero-order chi connectivity index (χ0) is 15.1. The smallest absolute Gasteiger partial charge is 0.323 e. The zero-order valence-electron chi connectivity index (χ0n) is 12.4. The Balaban J connectivity index is 1.88. The number of imidazole rings is 1. The molecule has 22 heavy (non-hydrogen) atoms. The number of anilines is 1. The Bertz CT molecular complexity index is 889. The molecule has 1 aliphatic heterocycles. The maximum atomic E-state index is 11.6. The van der Waals surface area contributed by atoms with Crippen molar-refractivity contribution in [3.05, 3.63) is 40.4 Å². The van der Waals surface area contributed by atoms with Crippen LogP contribution in [0.4, 0.5) is 5.95 Å². The molecular weight excluding hydrogens is 278 g/mol. The molecule has 0 atom stereocenters. The first-order chi connectivity index (χ1) is 10.7. The summed E-state index contributed by atoms with van der Waals surface area (Å²) >= 11 is 0. The van der Waals surface area contributed by atoms with E-state index in [4.69, 9.17) is 4.98 Å². The summed E-state index contributed by atoms with van der Waals surface area (Å²) in [6, 6.07) is 7.74. The van der Waals surface area contributed by atoms with E-state index in [0.717, 1.165) is 47.0 Å². The number of aromatic nitrogens is 4. The van der Waals surface area contributed by atoms with E-state index in [0.29, 0.717) is 0 Å². The number of benzene rings is 1. The van der Waals surface area contributed by atoms with E-state index >= 15 is 0 Å².